The minimum atomic E-state index is -0.513. The van der Waals surface area contributed by atoms with E-state index in [1.165, 1.54) is 11.9 Å². The number of benzene rings is 1. The van der Waals surface area contributed by atoms with Crippen LogP contribution in [0.3, 0.4) is 0 Å². The minimum absolute atomic E-state index is 0.0199. The molecule has 0 saturated carbocycles. The van der Waals surface area contributed by atoms with E-state index < -0.39 is 11.8 Å². The topological polar surface area (TPSA) is 69.6 Å². The summed E-state index contributed by atoms with van der Waals surface area (Å²) in [7, 11) is 1.52. The van der Waals surface area contributed by atoms with Crippen molar-refractivity contribution in [3.05, 3.63) is 34.4 Å². The Morgan fingerprint density at radius 1 is 1.04 bits per heavy atom. The van der Waals surface area contributed by atoms with Crippen molar-refractivity contribution in [2.45, 2.75) is 52.4 Å². The molecule has 1 aromatic rings. The molecule has 0 spiro atoms. The zero-order valence-electron chi connectivity index (χ0n) is 16.4. The van der Waals surface area contributed by atoms with Crippen molar-refractivity contribution in [3.8, 4) is 5.75 Å². The highest BCUT2D eigenvalue weighted by molar-refractivity contribution is 7.80. The summed E-state index contributed by atoms with van der Waals surface area (Å²) in [5, 5.41) is 13.4. The minimum Gasteiger partial charge on any atom is -0.507 e. The first-order valence-electron chi connectivity index (χ1n) is 8.46. The highest BCUT2D eigenvalue weighted by Crippen LogP contribution is 2.40. The summed E-state index contributed by atoms with van der Waals surface area (Å²) < 4.78 is 0. The number of nitrogens with zero attached hydrogens (tertiary/aromatic N) is 1. The highest BCUT2D eigenvalue weighted by atomic mass is 32.1. The van der Waals surface area contributed by atoms with Crippen molar-refractivity contribution in [3.63, 3.8) is 0 Å². The van der Waals surface area contributed by atoms with Crippen molar-refractivity contribution in [1.82, 2.24) is 10.2 Å². The van der Waals surface area contributed by atoms with Crippen LogP contribution < -0.4 is 5.32 Å². The van der Waals surface area contributed by atoms with Crippen LogP contribution in [0.4, 0.5) is 0 Å². The molecule has 0 aliphatic carbocycles. The third-order valence-corrected chi connectivity index (χ3v) is 4.74. The van der Waals surface area contributed by atoms with Gasteiger partial charge in [0.2, 0.25) is 0 Å². The molecule has 0 unspecified atom stereocenters. The number of amides is 2. The van der Waals surface area contributed by atoms with Crippen LogP contribution in [0.25, 0.3) is 6.08 Å². The number of hydrogen-bond donors (Lipinski definition) is 2. The zero-order valence-corrected chi connectivity index (χ0v) is 17.2. The second-order valence-electron chi connectivity index (χ2n) is 8.65. The molecule has 26 heavy (non-hydrogen) atoms. The summed E-state index contributed by atoms with van der Waals surface area (Å²) >= 11 is 4.97. The number of thiocarbonyl (C=S) groups is 1. The van der Waals surface area contributed by atoms with E-state index in [1.807, 2.05) is 53.7 Å². The number of phenolic OH excluding ortho intramolecular Hbond substituents is 1. The molecule has 6 heteroatoms. The lowest BCUT2D eigenvalue weighted by Crippen LogP contribution is -2.52. The molecule has 0 atom stereocenters. The van der Waals surface area contributed by atoms with E-state index in [2.05, 4.69) is 5.32 Å². The van der Waals surface area contributed by atoms with E-state index in [4.69, 9.17) is 12.2 Å². The van der Waals surface area contributed by atoms with Crippen LogP contribution >= 0.6 is 12.2 Å². The fourth-order valence-electron chi connectivity index (χ4n) is 2.80. The van der Waals surface area contributed by atoms with Gasteiger partial charge in [0.1, 0.15) is 11.3 Å². The van der Waals surface area contributed by atoms with E-state index in [-0.39, 0.29) is 27.3 Å². The molecule has 1 aromatic carbocycles. The van der Waals surface area contributed by atoms with Gasteiger partial charge in [0.05, 0.1) is 0 Å². The Hall–Kier alpha value is -2.21. The quantitative estimate of drug-likeness (QED) is 0.450. The first-order valence-corrected chi connectivity index (χ1v) is 8.87. The van der Waals surface area contributed by atoms with Crippen LogP contribution in [0.15, 0.2) is 17.7 Å². The fourth-order valence-corrected chi connectivity index (χ4v) is 2.97. The van der Waals surface area contributed by atoms with Crippen molar-refractivity contribution in [2.75, 3.05) is 7.05 Å². The number of carbonyl (C=O) groups is 2. The Morgan fingerprint density at radius 2 is 1.50 bits per heavy atom. The third-order valence-electron chi connectivity index (χ3n) is 4.36. The van der Waals surface area contributed by atoms with Gasteiger partial charge in [0.25, 0.3) is 11.8 Å². The van der Waals surface area contributed by atoms with E-state index in [0.717, 1.165) is 11.1 Å². The number of nitrogens with one attached hydrogen (secondary N) is 1. The zero-order chi connectivity index (χ0) is 20.0. The molecule has 1 aliphatic heterocycles. The maximum absolute atomic E-state index is 12.4. The molecule has 2 N–H and O–H groups in total. The van der Waals surface area contributed by atoms with Gasteiger partial charge in [-0.15, -0.1) is 0 Å². The predicted octanol–water partition coefficient (Wildman–Crippen LogP) is 3.24. The van der Waals surface area contributed by atoms with Crippen LogP contribution in [-0.2, 0) is 20.4 Å². The smallest absolute Gasteiger partial charge is 0.265 e. The summed E-state index contributed by atoms with van der Waals surface area (Å²) in [5.41, 5.74) is 1.66. The van der Waals surface area contributed by atoms with Gasteiger partial charge >= 0.3 is 0 Å². The summed E-state index contributed by atoms with van der Waals surface area (Å²) in [6.45, 7) is 12.1. The molecule has 0 aromatic heterocycles. The maximum atomic E-state index is 12.4. The number of carbonyl (C=O) groups excluding carboxylic acids is 2. The molecule has 1 heterocycles. The average Bonchev–Trinajstić information content (AvgIpc) is 2.48. The highest BCUT2D eigenvalue weighted by Gasteiger charge is 2.31. The van der Waals surface area contributed by atoms with E-state index >= 15 is 0 Å². The molecule has 0 radical (unpaired) electrons. The van der Waals surface area contributed by atoms with Gasteiger partial charge in [-0.05, 0) is 46.8 Å². The summed E-state index contributed by atoms with van der Waals surface area (Å²) in [6, 6.07) is 3.65. The first kappa shape index (κ1) is 20.1. The molecule has 2 amide bonds. The monoisotopic (exact) mass is 374 g/mol. The Kier molecular flexibility index (Phi) is 5.03. The van der Waals surface area contributed by atoms with E-state index in [0.29, 0.717) is 5.56 Å². The van der Waals surface area contributed by atoms with E-state index in [9.17, 15) is 14.7 Å². The van der Waals surface area contributed by atoms with Gasteiger partial charge in [-0.2, -0.15) is 0 Å². The van der Waals surface area contributed by atoms with Gasteiger partial charge in [-0.1, -0.05) is 41.5 Å². The maximum Gasteiger partial charge on any atom is 0.265 e. The second kappa shape index (κ2) is 6.50. The largest absolute Gasteiger partial charge is 0.507 e. The van der Waals surface area contributed by atoms with Gasteiger partial charge in [-0.3, -0.25) is 19.8 Å². The number of rotatable bonds is 1. The number of likely N-dealkylation sites (N-methyl/N-ethyl adjacent to an activating group) is 1. The van der Waals surface area contributed by atoms with Gasteiger partial charge in [-0.25, -0.2) is 0 Å². The van der Waals surface area contributed by atoms with Crippen molar-refractivity contribution < 1.29 is 14.7 Å². The Morgan fingerprint density at radius 3 is 1.92 bits per heavy atom. The molecule has 5 nitrogen and oxygen atoms in total. The fraction of sp³-hybridized carbons (Fsp3) is 0.450. The van der Waals surface area contributed by atoms with Crippen molar-refractivity contribution in [1.29, 1.82) is 0 Å². The normalized spacial score (nSPS) is 17.7. The van der Waals surface area contributed by atoms with Crippen LogP contribution in [0, 0.1) is 0 Å². The lowest BCUT2D eigenvalue weighted by atomic mass is 9.78. The number of hydrogen-bond acceptors (Lipinski definition) is 4. The van der Waals surface area contributed by atoms with Crippen LogP contribution in [-0.4, -0.2) is 34.0 Å². The first-order chi connectivity index (χ1) is 11.7. The van der Waals surface area contributed by atoms with Crippen LogP contribution in [0.5, 0.6) is 5.75 Å². The molecule has 1 saturated heterocycles. The molecular formula is C20H26N2O3S. The number of phenols is 1. The standard InChI is InChI=1S/C20H26N2O3S/c1-19(2,3)13-9-11(10-14(15(13)23)20(4,5)6)8-12-16(24)21-18(26)22(7)17(12)25/h8-10,23H,1-7H3,(H,21,24,26)/b12-8+. The van der Waals surface area contributed by atoms with Gasteiger partial charge < -0.3 is 5.11 Å². The number of aromatic hydroxyl groups is 1. The predicted molar refractivity (Wildman–Crippen MR) is 107 cm³/mol. The van der Waals surface area contributed by atoms with Gasteiger partial charge in [0, 0.05) is 18.2 Å². The molecule has 1 aliphatic rings. The molecule has 0 bridgehead atoms. The Labute approximate surface area is 160 Å². The lowest BCUT2D eigenvalue weighted by molar-refractivity contribution is -0.128. The molecule has 140 valence electrons. The second-order valence-corrected chi connectivity index (χ2v) is 9.03. The summed E-state index contributed by atoms with van der Waals surface area (Å²) in [4.78, 5) is 25.9. The SMILES string of the molecule is CN1C(=O)/C(=C/c2cc(C(C)(C)C)c(O)c(C(C)(C)C)c2)C(=O)NC1=S. The van der Waals surface area contributed by atoms with Crippen LogP contribution in [0.1, 0.15) is 58.2 Å². The molecule has 2 rings (SSSR count). The summed E-state index contributed by atoms with van der Waals surface area (Å²) in [5.74, 6) is -0.702. The van der Waals surface area contributed by atoms with Gasteiger partial charge in [0.15, 0.2) is 5.11 Å². The molecule has 1 fully saturated rings. The van der Waals surface area contributed by atoms with Crippen molar-refractivity contribution >= 4 is 35.2 Å². The van der Waals surface area contributed by atoms with Crippen LogP contribution in [0.2, 0.25) is 0 Å². The Balaban J connectivity index is 2.68. The third kappa shape index (κ3) is 3.80. The molecular weight excluding hydrogens is 348 g/mol. The summed E-state index contributed by atoms with van der Waals surface area (Å²) in [6.07, 6.45) is 1.56. The lowest BCUT2D eigenvalue weighted by Gasteiger charge is -2.28. The van der Waals surface area contributed by atoms with Crippen molar-refractivity contribution in [2.24, 2.45) is 0 Å². The van der Waals surface area contributed by atoms with E-state index in [1.54, 1.807) is 6.08 Å². The average molecular weight is 375 g/mol. The Bertz CT molecular complexity index is 791.